The van der Waals surface area contributed by atoms with E-state index in [0.717, 1.165) is 12.0 Å². The van der Waals surface area contributed by atoms with E-state index in [4.69, 9.17) is 18.9 Å². The number of carbonyl (C=O) groups excluding carboxylic acids is 5. The second-order valence-electron chi connectivity index (χ2n) is 20.0. The number of ether oxygens (including phenoxy) is 4. The summed E-state index contributed by atoms with van der Waals surface area (Å²) < 4.78 is 23.2. The maximum absolute atomic E-state index is 14.6. The smallest absolute Gasteiger partial charge is 0.296 e. The lowest BCUT2D eigenvalue weighted by atomic mass is 9.74. The van der Waals surface area contributed by atoms with Gasteiger partial charge in [-0.15, -0.1) is 0 Å². The fourth-order valence-electron chi connectivity index (χ4n) is 10.6. The zero-order chi connectivity index (χ0) is 48.2. The normalized spacial score (nSPS) is 40.5. The molecule has 3 fully saturated rings. The second kappa shape index (κ2) is 25.3. The third-order valence-electron chi connectivity index (χ3n) is 15.0. The highest BCUT2D eigenvalue weighted by Crippen LogP contribution is 2.39. The summed E-state index contributed by atoms with van der Waals surface area (Å²) in [6.07, 6.45) is 13.2. The number of nitrogens with zero attached hydrogens (tertiary/aromatic N) is 1. The maximum atomic E-state index is 14.6. The summed E-state index contributed by atoms with van der Waals surface area (Å²) in [5, 5.41) is 33.9. The van der Waals surface area contributed by atoms with Gasteiger partial charge >= 0.3 is 0 Å². The van der Waals surface area contributed by atoms with Crippen LogP contribution in [0, 0.1) is 41.4 Å². The first kappa shape index (κ1) is 54.4. The van der Waals surface area contributed by atoms with Gasteiger partial charge in [0.2, 0.25) is 5.79 Å². The average molecular weight is 912 g/mol. The van der Waals surface area contributed by atoms with Gasteiger partial charge in [-0.2, -0.15) is 0 Å². The van der Waals surface area contributed by atoms with E-state index in [-0.39, 0.29) is 60.6 Å². The molecule has 1 aliphatic carbocycles. The van der Waals surface area contributed by atoms with Crippen molar-refractivity contribution in [2.24, 2.45) is 41.4 Å². The molecule has 0 radical (unpaired) electrons. The molecule has 3 aliphatic heterocycles. The number of aliphatic hydroxyl groups is 3. The predicted octanol–water partition coefficient (Wildman–Crippen LogP) is 6.84. The lowest BCUT2D eigenvalue weighted by Crippen LogP contribution is -2.60. The van der Waals surface area contributed by atoms with Gasteiger partial charge in [-0.25, -0.2) is 0 Å². The molecule has 366 valence electrons. The number of methoxy groups -OCH3 is 3. The number of carbonyl (C=O) groups is 5. The summed E-state index contributed by atoms with van der Waals surface area (Å²) in [7, 11) is 4.57. The fourth-order valence-corrected chi connectivity index (χ4v) is 10.6. The van der Waals surface area contributed by atoms with E-state index in [9.17, 15) is 39.3 Å². The fraction of sp³-hybridized carbons (Fsp3) is 0.750. The molecule has 15 atom stereocenters. The number of allylic oxidation sites excluding steroid dienone is 6. The minimum absolute atomic E-state index is 0.0118. The first-order valence-electron chi connectivity index (χ1n) is 24.2. The van der Waals surface area contributed by atoms with Crippen LogP contribution in [-0.4, -0.2) is 126 Å². The molecular formula is C52H81NO12. The van der Waals surface area contributed by atoms with Crippen molar-refractivity contribution in [3.8, 4) is 0 Å². The number of hydrogen-bond donors (Lipinski definition) is 3. The SMILES string of the molecule is CO[C@H]1C[C@@H]2CC[C@@H](C)[C@@](O)(O2)C(=O)C(=O)N2CCCC[C@H]2C(=O)C[C@H]([C@H](C)C[C@@H]2CC[C@@H](O)[C@H](OC)C2)CC(=O)[C@H](C)/C=C(\C)[C@@H](O)[C@@H](OC)C(=O)[C@H](C)C[C@H](C)/C=C/C=C/C=C/1C. The van der Waals surface area contributed by atoms with Crippen molar-refractivity contribution in [1.82, 2.24) is 4.90 Å². The molecule has 0 spiro atoms. The van der Waals surface area contributed by atoms with Gasteiger partial charge in [-0.05, 0) is 113 Å². The highest BCUT2D eigenvalue weighted by atomic mass is 16.6. The van der Waals surface area contributed by atoms with E-state index in [1.165, 1.54) is 12.0 Å². The van der Waals surface area contributed by atoms with Crippen LogP contribution >= 0.6 is 0 Å². The van der Waals surface area contributed by atoms with Crippen LogP contribution in [0.15, 0.2) is 47.6 Å². The van der Waals surface area contributed by atoms with Gasteiger partial charge < -0.3 is 39.2 Å². The van der Waals surface area contributed by atoms with Gasteiger partial charge in [-0.3, -0.25) is 24.0 Å². The van der Waals surface area contributed by atoms with Crippen molar-refractivity contribution in [3.05, 3.63) is 47.6 Å². The van der Waals surface area contributed by atoms with Crippen LogP contribution in [0.5, 0.6) is 0 Å². The van der Waals surface area contributed by atoms with Gasteiger partial charge in [0.15, 0.2) is 11.6 Å². The van der Waals surface area contributed by atoms with Crippen molar-refractivity contribution in [2.75, 3.05) is 27.9 Å². The predicted molar refractivity (Wildman–Crippen MR) is 248 cm³/mol. The Balaban J connectivity index is 1.70. The van der Waals surface area contributed by atoms with Crippen LogP contribution in [-0.2, 0) is 42.9 Å². The Bertz CT molecular complexity index is 1750. The number of fused-ring (bicyclic) bond motifs is 3. The molecule has 13 nitrogen and oxygen atoms in total. The monoisotopic (exact) mass is 912 g/mol. The third-order valence-corrected chi connectivity index (χ3v) is 15.0. The number of aliphatic hydroxyl groups excluding tert-OH is 2. The van der Waals surface area contributed by atoms with Gasteiger partial charge in [0, 0.05) is 64.9 Å². The van der Waals surface area contributed by atoms with Gasteiger partial charge in [-0.1, -0.05) is 71.1 Å². The van der Waals surface area contributed by atoms with Crippen LogP contribution in [0.3, 0.4) is 0 Å². The molecular weight excluding hydrogens is 831 g/mol. The first-order valence-corrected chi connectivity index (χ1v) is 24.2. The molecule has 0 unspecified atom stereocenters. The Morgan fingerprint density at radius 3 is 2.20 bits per heavy atom. The average Bonchev–Trinajstić information content (AvgIpc) is 3.28. The number of amides is 1. The Morgan fingerprint density at radius 1 is 0.815 bits per heavy atom. The van der Waals surface area contributed by atoms with Crippen molar-refractivity contribution >= 4 is 29.0 Å². The zero-order valence-electron chi connectivity index (χ0n) is 40.9. The number of Topliss-reactive ketones (excluding diaryl/α,β-unsaturated/α-hetero) is 4. The van der Waals surface area contributed by atoms with Crippen molar-refractivity contribution in [1.29, 1.82) is 0 Å². The molecule has 65 heavy (non-hydrogen) atoms. The summed E-state index contributed by atoms with van der Waals surface area (Å²) in [4.78, 5) is 72.3. The largest absolute Gasteiger partial charge is 0.390 e. The van der Waals surface area contributed by atoms with Crippen molar-refractivity contribution < 1.29 is 58.2 Å². The van der Waals surface area contributed by atoms with E-state index in [1.54, 1.807) is 41.1 Å². The van der Waals surface area contributed by atoms with Crippen LogP contribution in [0.25, 0.3) is 0 Å². The van der Waals surface area contributed by atoms with Crippen LogP contribution in [0.2, 0.25) is 0 Å². The lowest BCUT2D eigenvalue weighted by Gasteiger charge is -2.43. The molecule has 2 saturated heterocycles. The minimum Gasteiger partial charge on any atom is -0.390 e. The highest BCUT2D eigenvalue weighted by molar-refractivity contribution is 6.39. The topological polar surface area (TPSA) is 186 Å². The summed E-state index contributed by atoms with van der Waals surface area (Å²) in [5.41, 5.74) is 1.32. The van der Waals surface area contributed by atoms with E-state index < -0.39 is 77.7 Å². The molecule has 13 heteroatoms. The summed E-state index contributed by atoms with van der Waals surface area (Å²) in [5.74, 6) is -7.12. The molecule has 3 heterocycles. The van der Waals surface area contributed by atoms with E-state index in [1.807, 2.05) is 58.1 Å². The molecule has 2 bridgehead atoms. The second-order valence-corrected chi connectivity index (χ2v) is 20.0. The Morgan fingerprint density at radius 2 is 1.52 bits per heavy atom. The number of ketones is 4. The molecule has 4 rings (SSSR count). The molecule has 4 aliphatic rings. The summed E-state index contributed by atoms with van der Waals surface area (Å²) in [6, 6.07) is -0.917. The van der Waals surface area contributed by atoms with E-state index in [2.05, 4.69) is 0 Å². The van der Waals surface area contributed by atoms with Gasteiger partial charge in [0.05, 0.1) is 30.5 Å². The Kier molecular flexibility index (Phi) is 21.2. The first-order chi connectivity index (χ1) is 30.7. The molecule has 1 saturated carbocycles. The van der Waals surface area contributed by atoms with Gasteiger partial charge in [0.1, 0.15) is 18.0 Å². The van der Waals surface area contributed by atoms with E-state index >= 15 is 0 Å². The molecule has 0 aromatic rings. The van der Waals surface area contributed by atoms with E-state index in [0.29, 0.717) is 69.8 Å². The standard InChI is InChI=1S/C52H81NO12/c1-31-16-12-11-13-17-32(2)45(62-8)30-40-21-19-37(7)52(61,65-40)50(59)51(60)53-23-15-14-18-41(53)44(56)29-39(33(3)26-38-20-22-42(54)46(27-38)63-9)28-43(55)34(4)25-36(6)48(58)49(64-10)47(57)35(5)24-31/h11-13,16-17,25,31,33-35,37-42,45-46,48-49,54,58,61H,14-15,18-24,26-30H2,1-10H3/b13-11+,16-12+,32-17+,36-25+/t31-,33-,34-,35-,37-,38+,39-,40+,41+,42-,45+,46-,48-,49+,52-/m1/s1. The Hall–Kier alpha value is -3.17. The third kappa shape index (κ3) is 14.4. The number of rotatable bonds is 6. The minimum atomic E-state index is -2.39. The van der Waals surface area contributed by atoms with Crippen molar-refractivity contribution in [2.45, 2.75) is 180 Å². The van der Waals surface area contributed by atoms with Crippen LogP contribution in [0.4, 0.5) is 0 Å². The van der Waals surface area contributed by atoms with Crippen LogP contribution in [0.1, 0.15) is 132 Å². The zero-order valence-corrected chi connectivity index (χ0v) is 40.9. The molecule has 3 N–H and O–H groups in total. The Labute approximate surface area is 388 Å². The lowest BCUT2D eigenvalue weighted by molar-refractivity contribution is -0.265. The van der Waals surface area contributed by atoms with Gasteiger partial charge in [0.25, 0.3) is 11.7 Å². The molecule has 0 aromatic carbocycles. The highest BCUT2D eigenvalue weighted by Gasteiger charge is 2.53. The molecule has 0 aromatic heterocycles. The summed E-state index contributed by atoms with van der Waals surface area (Å²) in [6.45, 7) is 13.1. The maximum Gasteiger partial charge on any atom is 0.296 e. The quantitative estimate of drug-likeness (QED) is 0.186. The summed E-state index contributed by atoms with van der Waals surface area (Å²) >= 11 is 0. The van der Waals surface area contributed by atoms with Crippen molar-refractivity contribution in [3.63, 3.8) is 0 Å². The number of piperidine rings is 1. The van der Waals surface area contributed by atoms with Crippen LogP contribution < -0.4 is 0 Å². The number of hydrogen-bond acceptors (Lipinski definition) is 12. The molecule has 1 amide bonds.